The Balaban J connectivity index is 1.52. The maximum atomic E-state index is 13.3. The lowest BCUT2D eigenvalue weighted by Gasteiger charge is -2.17. The van der Waals surface area contributed by atoms with Gasteiger partial charge in [-0.2, -0.15) is 0 Å². The topological polar surface area (TPSA) is 49.9 Å². The molecule has 27 heavy (non-hydrogen) atoms. The maximum Gasteiger partial charge on any atom is 0.267 e. The van der Waals surface area contributed by atoms with Crippen molar-refractivity contribution in [2.24, 2.45) is 0 Å². The lowest BCUT2D eigenvalue weighted by atomic mass is 9.92. The van der Waals surface area contributed by atoms with E-state index in [4.69, 9.17) is 4.74 Å². The van der Waals surface area contributed by atoms with E-state index in [0.29, 0.717) is 12.1 Å². The van der Waals surface area contributed by atoms with Crippen LogP contribution < -0.4 is 4.90 Å². The number of epoxide rings is 1. The van der Waals surface area contributed by atoms with Crippen LogP contribution in [0.5, 0.6) is 0 Å². The summed E-state index contributed by atoms with van der Waals surface area (Å²) in [6, 6.07) is 26.4. The third kappa shape index (κ3) is 2.34. The summed E-state index contributed by atoms with van der Waals surface area (Å²) < 4.78 is 5.85. The second-order valence-corrected chi connectivity index (χ2v) is 6.86. The molecule has 2 heterocycles. The van der Waals surface area contributed by atoms with Gasteiger partial charge in [0.25, 0.3) is 5.91 Å². The van der Waals surface area contributed by atoms with E-state index in [1.54, 1.807) is 17.0 Å². The Hall–Kier alpha value is -3.24. The fourth-order valence-electron chi connectivity index (χ4n) is 3.88. The van der Waals surface area contributed by atoms with Crippen molar-refractivity contribution in [2.45, 2.75) is 18.2 Å². The number of ether oxygens (including phenoxy) is 1. The number of hydrogen-bond donors (Lipinski definition) is 0. The Morgan fingerprint density at radius 1 is 0.889 bits per heavy atom. The second kappa shape index (κ2) is 5.89. The predicted octanol–water partition coefficient (Wildman–Crippen LogP) is 3.71. The van der Waals surface area contributed by atoms with Gasteiger partial charge in [0.05, 0.1) is 12.2 Å². The number of amides is 1. The number of fused-ring (bicyclic) bond motifs is 2. The number of carbonyl (C=O) groups excluding carboxylic acids is 2. The van der Waals surface area contributed by atoms with Gasteiger partial charge >= 0.3 is 0 Å². The lowest BCUT2D eigenvalue weighted by Crippen LogP contribution is -2.35. The highest BCUT2D eigenvalue weighted by atomic mass is 16.6. The van der Waals surface area contributed by atoms with Gasteiger partial charge < -0.3 is 9.64 Å². The molecular weight excluding hydrogens is 338 g/mol. The van der Waals surface area contributed by atoms with E-state index >= 15 is 0 Å². The highest BCUT2D eigenvalue weighted by molar-refractivity contribution is 6.16. The summed E-state index contributed by atoms with van der Waals surface area (Å²) in [4.78, 5) is 28.0. The average molecular weight is 355 g/mol. The molecule has 0 aliphatic carbocycles. The highest BCUT2D eigenvalue weighted by Crippen LogP contribution is 2.56. The average Bonchev–Trinajstić information content (AvgIpc) is 3.44. The zero-order valence-corrected chi connectivity index (χ0v) is 14.5. The van der Waals surface area contributed by atoms with E-state index in [1.165, 1.54) is 0 Å². The molecule has 5 rings (SSSR count). The fraction of sp³-hybridized carbons (Fsp3) is 0.130. The molecule has 1 amide bonds. The van der Waals surface area contributed by atoms with Crippen LogP contribution >= 0.6 is 0 Å². The first-order valence-electron chi connectivity index (χ1n) is 8.94. The van der Waals surface area contributed by atoms with Gasteiger partial charge in [0.2, 0.25) is 5.60 Å². The van der Waals surface area contributed by atoms with Crippen LogP contribution in [0.4, 0.5) is 5.69 Å². The van der Waals surface area contributed by atoms with E-state index in [2.05, 4.69) is 0 Å². The number of anilines is 1. The smallest absolute Gasteiger partial charge is 0.267 e. The van der Waals surface area contributed by atoms with E-state index in [9.17, 15) is 9.59 Å². The zero-order chi connectivity index (χ0) is 18.4. The molecule has 0 bridgehead atoms. The summed E-state index contributed by atoms with van der Waals surface area (Å²) in [6.07, 6.45) is -0.769. The van der Waals surface area contributed by atoms with Crippen LogP contribution in [0.2, 0.25) is 0 Å². The molecule has 1 spiro atoms. The summed E-state index contributed by atoms with van der Waals surface area (Å²) in [5.41, 5.74) is 2.00. The molecule has 2 atom stereocenters. The monoisotopic (exact) mass is 355 g/mol. The summed E-state index contributed by atoms with van der Waals surface area (Å²) in [7, 11) is 0. The van der Waals surface area contributed by atoms with Crippen LogP contribution in [-0.4, -0.2) is 17.8 Å². The summed E-state index contributed by atoms with van der Waals surface area (Å²) in [6.45, 7) is 0.452. The van der Waals surface area contributed by atoms with E-state index < -0.39 is 11.7 Å². The highest BCUT2D eigenvalue weighted by Gasteiger charge is 2.72. The maximum absolute atomic E-state index is 13.3. The van der Waals surface area contributed by atoms with Gasteiger partial charge in [-0.05, 0) is 11.6 Å². The Bertz CT molecular complexity index is 1030. The number of rotatable bonds is 4. The van der Waals surface area contributed by atoms with Crippen LogP contribution in [0.25, 0.3) is 0 Å². The Labute approximate surface area is 157 Å². The van der Waals surface area contributed by atoms with Gasteiger partial charge in [-0.1, -0.05) is 78.9 Å². The first kappa shape index (κ1) is 16.0. The largest absolute Gasteiger partial charge is 0.342 e. The normalized spacial score (nSPS) is 22.7. The Morgan fingerprint density at radius 3 is 2.26 bits per heavy atom. The van der Waals surface area contributed by atoms with Crippen LogP contribution in [0, 0.1) is 0 Å². The van der Waals surface area contributed by atoms with E-state index in [1.807, 2.05) is 72.8 Å². The van der Waals surface area contributed by atoms with Crippen molar-refractivity contribution in [3.63, 3.8) is 0 Å². The molecule has 4 nitrogen and oxygen atoms in total. The summed E-state index contributed by atoms with van der Waals surface area (Å²) >= 11 is 0. The van der Waals surface area contributed by atoms with Crippen molar-refractivity contribution in [3.05, 3.63) is 102 Å². The molecule has 0 radical (unpaired) electrons. The Morgan fingerprint density at radius 2 is 1.52 bits per heavy atom. The van der Waals surface area contributed by atoms with Crippen molar-refractivity contribution < 1.29 is 14.3 Å². The molecule has 4 heteroatoms. The van der Waals surface area contributed by atoms with Crippen LogP contribution in [-0.2, 0) is 21.7 Å². The number of hydrogen-bond acceptors (Lipinski definition) is 3. The standard InChI is InChI=1S/C23H17NO3/c25-20(17-11-5-2-6-12-17)21-23(27-21)18-13-7-8-14-19(18)24(22(23)26)15-16-9-3-1-4-10-16/h1-14,21H,15H2. The van der Waals surface area contributed by atoms with Crippen molar-refractivity contribution in [1.29, 1.82) is 0 Å². The van der Waals surface area contributed by atoms with Crippen LogP contribution in [0.15, 0.2) is 84.9 Å². The summed E-state index contributed by atoms with van der Waals surface area (Å²) in [5.74, 6) is -0.317. The van der Waals surface area contributed by atoms with E-state index in [0.717, 1.165) is 16.8 Å². The summed E-state index contributed by atoms with van der Waals surface area (Å²) in [5, 5.41) is 0. The van der Waals surface area contributed by atoms with Crippen LogP contribution in [0.3, 0.4) is 0 Å². The molecule has 1 saturated heterocycles. The van der Waals surface area contributed by atoms with Gasteiger partial charge in [-0.25, -0.2) is 0 Å². The number of para-hydroxylation sites is 1. The lowest BCUT2D eigenvalue weighted by molar-refractivity contribution is -0.123. The molecule has 132 valence electrons. The zero-order valence-electron chi connectivity index (χ0n) is 14.5. The van der Waals surface area contributed by atoms with Gasteiger partial charge in [-0.3, -0.25) is 9.59 Å². The molecule has 0 N–H and O–H groups in total. The molecule has 2 aliphatic rings. The molecule has 0 aromatic heterocycles. The molecule has 2 aliphatic heterocycles. The number of benzene rings is 3. The number of Topliss-reactive ketones (excluding diaryl/α,β-unsaturated/α-hetero) is 1. The minimum absolute atomic E-state index is 0.152. The van der Waals surface area contributed by atoms with E-state index in [-0.39, 0.29) is 11.7 Å². The third-order valence-corrected chi connectivity index (χ3v) is 5.25. The SMILES string of the molecule is O=C(c1ccccc1)C1OC12C(=O)N(Cc1ccccc1)c1ccccc12. The quantitative estimate of drug-likeness (QED) is 0.529. The van der Waals surface area contributed by atoms with Gasteiger partial charge in [-0.15, -0.1) is 0 Å². The van der Waals surface area contributed by atoms with Gasteiger partial charge in [0.1, 0.15) is 0 Å². The van der Waals surface area contributed by atoms with Crippen molar-refractivity contribution >= 4 is 17.4 Å². The predicted molar refractivity (Wildman–Crippen MR) is 101 cm³/mol. The molecular formula is C23H17NO3. The van der Waals surface area contributed by atoms with Gasteiger partial charge in [0, 0.05) is 11.1 Å². The minimum Gasteiger partial charge on any atom is -0.342 e. The second-order valence-electron chi connectivity index (χ2n) is 6.86. The molecule has 3 aromatic carbocycles. The Kier molecular flexibility index (Phi) is 3.49. The molecule has 2 unspecified atom stereocenters. The molecule has 3 aromatic rings. The fourth-order valence-corrected chi connectivity index (χ4v) is 3.88. The van der Waals surface area contributed by atoms with Crippen molar-refractivity contribution in [2.75, 3.05) is 4.90 Å². The molecule has 0 saturated carbocycles. The van der Waals surface area contributed by atoms with Crippen molar-refractivity contribution in [3.8, 4) is 0 Å². The third-order valence-electron chi connectivity index (χ3n) is 5.25. The number of nitrogens with zero attached hydrogens (tertiary/aromatic N) is 1. The molecule has 1 fully saturated rings. The number of ketones is 1. The minimum atomic E-state index is -1.18. The van der Waals surface area contributed by atoms with Gasteiger partial charge in [0.15, 0.2) is 11.9 Å². The first-order valence-corrected chi connectivity index (χ1v) is 8.94. The van der Waals surface area contributed by atoms with Crippen molar-refractivity contribution in [1.82, 2.24) is 0 Å². The van der Waals surface area contributed by atoms with Crippen LogP contribution in [0.1, 0.15) is 21.5 Å². The number of carbonyl (C=O) groups is 2. The first-order chi connectivity index (χ1) is 13.2.